The van der Waals surface area contributed by atoms with Crippen LogP contribution in [-0.2, 0) is 0 Å². The third kappa shape index (κ3) is 3.78. The number of aliphatic hydroxyl groups is 1. The molecule has 1 N–H and O–H groups in total. The quantitative estimate of drug-likeness (QED) is 0.672. The van der Waals surface area contributed by atoms with Gasteiger partial charge < -0.3 is 5.11 Å². The van der Waals surface area contributed by atoms with Crippen molar-refractivity contribution in [1.82, 2.24) is 4.90 Å². The van der Waals surface area contributed by atoms with E-state index in [-0.39, 0.29) is 6.10 Å². The molecule has 0 saturated carbocycles. The van der Waals surface area contributed by atoms with Crippen LogP contribution in [0.5, 0.6) is 0 Å². The van der Waals surface area contributed by atoms with Crippen molar-refractivity contribution in [2.24, 2.45) is 0 Å². The zero-order valence-electron chi connectivity index (χ0n) is 7.83. The second-order valence-electron chi connectivity index (χ2n) is 3.29. The molecule has 1 atom stereocenters. The highest BCUT2D eigenvalue weighted by molar-refractivity contribution is 7.99. The topological polar surface area (TPSA) is 23.5 Å². The maximum Gasteiger partial charge on any atom is 0.0667 e. The molecule has 1 heterocycles. The number of likely N-dealkylation sites (tertiary alicyclic amines) is 1. The third-order valence-corrected chi connectivity index (χ3v) is 3.12. The molecule has 1 saturated heterocycles. The fourth-order valence-corrected chi connectivity index (χ4v) is 2.25. The average molecular weight is 189 g/mol. The van der Waals surface area contributed by atoms with Gasteiger partial charge in [-0.3, -0.25) is 4.90 Å². The van der Waals surface area contributed by atoms with Gasteiger partial charge in [0.15, 0.2) is 0 Å². The lowest BCUT2D eigenvalue weighted by atomic mass is 10.1. The first-order valence-corrected chi connectivity index (χ1v) is 5.96. The molecule has 0 aliphatic carbocycles. The summed E-state index contributed by atoms with van der Waals surface area (Å²) in [6.07, 6.45) is 2.10. The van der Waals surface area contributed by atoms with Crippen LogP contribution in [0.4, 0.5) is 0 Å². The maximum absolute atomic E-state index is 9.39. The number of hydrogen-bond acceptors (Lipinski definition) is 3. The highest BCUT2D eigenvalue weighted by Crippen LogP contribution is 2.10. The molecule has 2 nitrogen and oxygen atoms in total. The van der Waals surface area contributed by atoms with E-state index in [0.29, 0.717) is 0 Å². The van der Waals surface area contributed by atoms with Gasteiger partial charge in [0, 0.05) is 18.8 Å². The average Bonchev–Trinajstić information content (AvgIpc) is 2.05. The third-order valence-electron chi connectivity index (χ3n) is 2.24. The van der Waals surface area contributed by atoms with E-state index in [1.165, 1.54) is 18.1 Å². The van der Waals surface area contributed by atoms with Gasteiger partial charge in [-0.2, -0.15) is 11.8 Å². The minimum atomic E-state index is -0.0645. The Balaban J connectivity index is 2.06. The minimum Gasteiger partial charge on any atom is -0.392 e. The zero-order valence-corrected chi connectivity index (χ0v) is 8.65. The lowest BCUT2D eigenvalue weighted by molar-refractivity contribution is 0.0743. The Kier molecular flexibility index (Phi) is 5.04. The molecule has 0 radical (unpaired) electrons. The van der Waals surface area contributed by atoms with Gasteiger partial charge in [0.1, 0.15) is 0 Å². The number of rotatable bonds is 4. The molecule has 1 aliphatic rings. The first-order chi connectivity index (χ1) is 5.83. The fourth-order valence-electron chi connectivity index (χ4n) is 1.57. The van der Waals surface area contributed by atoms with Crippen LogP contribution in [-0.4, -0.2) is 47.3 Å². The largest absolute Gasteiger partial charge is 0.392 e. The van der Waals surface area contributed by atoms with Gasteiger partial charge in [-0.1, -0.05) is 6.92 Å². The Morgan fingerprint density at radius 1 is 1.58 bits per heavy atom. The fraction of sp³-hybridized carbons (Fsp3) is 1.00. The van der Waals surface area contributed by atoms with Gasteiger partial charge in [0.25, 0.3) is 0 Å². The summed E-state index contributed by atoms with van der Waals surface area (Å²) >= 11 is 1.98. The molecule has 1 unspecified atom stereocenters. The standard InChI is InChI=1S/C9H19NOS/c1-2-12-7-6-10-5-3-4-9(11)8-10/h9,11H,2-8H2,1H3. The van der Waals surface area contributed by atoms with Crippen LogP contribution in [0.15, 0.2) is 0 Å². The van der Waals surface area contributed by atoms with Crippen molar-refractivity contribution < 1.29 is 5.11 Å². The summed E-state index contributed by atoms with van der Waals surface area (Å²) in [5.41, 5.74) is 0. The lowest BCUT2D eigenvalue weighted by Crippen LogP contribution is -2.39. The minimum absolute atomic E-state index is 0.0645. The number of piperidine rings is 1. The molecule has 0 bridgehead atoms. The summed E-state index contributed by atoms with van der Waals surface area (Å²) in [6.45, 7) is 5.41. The van der Waals surface area contributed by atoms with E-state index >= 15 is 0 Å². The zero-order chi connectivity index (χ0) is 8.81. The molecule has 0 aromatic carbocycles. The summed E-state index contributed by atoms with van der Waals surface area (Å²) in [4.78, 5) is 2.37. The number of β-amino-alcohol motifs (C(OH)–C–C–N with tert-alkyl or cyclic N) is 1. The van der Waals surface area contributed by atoms with Crippen LogP contribution in [0.3, 0.4) is 0 Å². The number of aliphatic hydroxyl groups excluding tert-OH is 1. The summed E-state index contributed by atoms with van der Waals surface area (Å²) in [5.74, 6) is 2.42. The van der Waals surface area contributed by atoms with E-state index in [2.05, 4.69) is 11.8 Å². The van der Waals surface area contributed by atoms with Gasteiger partial charge >= 0.3 is 0 Å². The summed E-state index contributed by atoms with van der Waals surface area (Å²) in [6, 6.07) is 0. The van der Waals surface area contributed by atoms with Crippen molar-refractivity contribution in [1.29, 1.82) is 0 Å². The molecule has 0 spiro atoms. The maximum atomic E-state index is 9.39. The van der Waals surface area contributed by atoms with Crippen LogP contribution in [0, 0.1) is 0 Å². The Morgan fingerprint density at radius 3 is 3.08 bits per heavy atom. The van der Waals surface area contributed by atoms with Crippen LogP contribution in [0.2, 0.25) is 0 Å². The Labute approximate surface area is 79.3 Å². The van der Waals surface area contributed by atoms with E-state index in [0.717, 1.165) is 25.9 Å². The predicted octanol–water partition coefficient (Wildman–Crippen LogP) is 1.20. The Hall–Kier alpha value is 0.270. The van der Waals surface area contributed by atoms with Crippen molar-refractivity contribution in [3.63, 3.8) is 0 Å². The SMILES string of the molecule is CCSCCN1CCCC(O)C1. The van der Waals surface area contributed by atoms with Gasteiger partial charge in [-0.25, -0.2) is 0 Å². The van der Waals surface area contributed by atoms with Crippen molar-refractivity contribution in [2.75, 3.05) is 31.1 Å². The molecular weight excluding hydrogens is 170 g/mol. The van der Waals surface area contributed by atoms with E-state index < -0.39 is 0 Å². The molecular formula is C9H19NOS. The van der Waals surface area contributed by atoms with E-state index in [1.54, 1.807) is 0 Å². The number of thioether (sulfide) groups is 1. The monoisotopic (exact) mass is 189 g/mol. The molecule has 1 aliphatic heterocycles. The van der Waals surface area contributed by atoms with Crippen molar-refractivity contribution in [2.45, 2.75) is 25.9 Å². The van der Waals surface area contributed by atoms with Crippen LogP contribution in [0.25, 0.3) is 0 Å². The summed E-state index contributed by atoms with van der Waals surface area (Å²) in [5, 5.41) is 9.39. The van der Waals surface area contributed by atoms with Gasteiger partial charge in [-0.05, 0) is 25.1 Å². The van der Waals surface area contributed by atoms with Crippen LogP contribution in [0.1, 0.15) is 19.8 Å². The van der Waals surface area contributed by atoms with Gasteiger partial charge in [-0.15, -0.1) is 0 Å². The van der Waals surface area contributed by atoms with Gasteiger partial charge in [0.05, 0.1) is 6.10 Å². The molecule has 12 heavy (non-hydrogen) atoms. The van der Waals surface area contributed by atoms with Crippen LogP contribution >= 0.6 is 11.8 Å². The summed E-state index contributed by atoms with van der Waals surface area (Å²) < 4.78 is 0. The molecule has 0 aromatic heterocycles. The van der Waals surface area contributed by atoms with E-state index in [9.17, 15) is 5.11 Å². The van der Waals surface area contributed by atoms with Crippen molar-refractivity contribution >= 4 is 11.8 Å². The molecule has 0 aromatic rings. The second kappa shape index (κ2) is 5.84. The first kappa shape index (κ1) is 10.4. The Morgan fingerprint density at radius 2 is 2.42 bits per heavy atom. The second-order valence-corrected chi connectivity index (χ2v) is 4.69. The van der Waals surface area contributed by atoms with E-state index in [1.807, 2.05) is 11.8 Å². The molecule has 1 fully saturated rings. The molecule has 3 heteroatoms. The lowest BCUT2D eigenvalue weighted by Gasteiger charge is -2.29. The van der Waals surface area contributed by atoms with Crippen LogP contribution < -0.4 is 0 Å². The van der Waals surface area contributed by atoms with Gasteiger partial charge in [0.2, 0.25) is 0 Å². The molecule has 72 valence electrons. The molecule has 0 amide bonds. The highest BCUT2D eigenvalue weighted by atomic mass is 32.2. The predicted molar refractivity (Wildman–Crippen MR) is 54.7 cm³/mol. The summed E-state index contributed by atoms with van der Waals surface area (Å²) in [7, 11) is 0. The highest BCUT2D eigenvalue weighted by Gasteiger charge is 2.16. The van der Waals surface area contributed by atoms with Crippen molar-refractivity contribution in [3.05, 3.63) is 0 Å². The van der Waals surface area contributed by atoms with Crippen molar-refractivity contribution in [3.8, 4) is 0 Å². The normalized spacial score (nSPS) is 26.0. The first-order valence-electron chi connectivity index (χ1n) is 4.81. The van der Waals surface area contributed by atoms with E-state index in [4.69, 9.17) is 0 Å². The number of nitrogens with zero attached hydrogens (tertiary/aromatic N) is 1. The Bertz CT molecular complexity index is 121. The smallest absolute Gasteiger partial charge is 0.0667 e. The molecule has 1 rings (SSSR count). The number of hydrogen-bond donors (Lipinski definition) is 1.